The van der Waals surface area contributed by atoms with Crippen LogP contribution in [0.5, 0.6) is 0 Å². The summed E-state index contributed by atoms with van der Waals surface area (Å²) in [6, 6.07) is 6.86. The number of phosphoric ester groups is 1. The first-order chi connectivity index (χ1) is 8.80. The lowest BCUT2D eigenvalue weighted by Gasteiger charge is -2.33. The van der Waals surface area contributed by atoms with Gasteiger partial charge in [-0.25, -0.2) is 4.57 Å². The van der Waals surface area contributed by atoms with Crippen molar-refractivity contribution in [3.63, 3.8) is 0 Å². The van der Waals surface area contributed by atoms with Crippen LogP contribution in [0.1, 0.15) is 19.4 Å². The minimum atomic E-state index is -3.56. The molecule has 1 saturated heterocycles. The molecule has 1 heterocycles. The van der Waals surface area contributed by atoms with Crippen molar-refractivity contribution < 1.29 is 18.1 Å². The van der Waals surface area contributed by atoms with Gasteiger partial charge in [0.1, 0.15) is 5.76 Å². The van der Waals surface area contributed by atoms with Gasteiger partial charge in [-0.15, -0.1) is 0 Å². The van der Waals surface area contributed by atoms with Gasteiger partial charge in [-0.1, -0.05) is 32.0 Å². The summed E-state index contributed by atoms with van der Waals surface area (Å²) >= 11 is 5.79. The molecule has 0 saturated carbocycles. The first kappa shape index (κ1) is 14.6. The largest absolute Gasteiger partial charge is 0.530 e. The summed E-state index contributed by atoms with van der Waals surface area (Å²) in [5.41, 5.74) is 0.510. The molecule has 4 nitrogen and oxygen atoms in total. The van der Waals surface area contributed by atoms with Crippen LogP contribution >= 0.6 is 19.4 Å². The van der Waals surface area contributed by atoms with E-state index in [1.165, 1.54) is 0 Å². The van der Waals surface area contributed by atoms with E-state index in [0.29, 0.717) is 23.8 Å². The van der Waals surface area contributed by atoms with Crippen molar-refractivity contribution in [3.05, 3.63) is 41.4 Å². The zero-order valence-corrected chi connectivity index (χ0v) is 12.5. The average molecular weight is 303 g/mol. The minimum Gasteiger partial charge on any atom is -0.404 e. The summed E-state index contributed by atoms with van der Waals surface area (Å²) in [7, 11) is -3.56. The van der Waals surface area contributed by atoms with Crippen molar-refractivity contribution in [1.29, 1.82) is 0 Å². The molecule has 0 unspecified atom stereocenters. The van der Waals surface area contributed by atoms with Gasteiger partial charge < -0.3 is 4.52 Å². The maximum absolute atomic E-state index is 12.2. The van der Waals surface area contributed by atoms with E-state index in [-0.39, 0.29) is 11.2 Å². The fraction of sp³-hybridized carbons (Fsp3) is 0.385. The highest BCUT2D eigenvalue weighted by Crippen LogP contribution is 2.56. The Bertz CT molecular complexity index is 510. The molecule has 0 bridgehead atoms. The van der Waals surface area contributed by atoms with E-state index in [9.17, 15) is 4.57 Å². The molecule has 104 valence electrons. The van der Waals surface area contributed by atoms with Crippen LogP contribution in [0.4, 0.5) is 0 Å². The molecule has 1 aliphatic heterocycles. The standard InChI is InChI=1S/C13H16ClO4P/c1-10(11-4-6-12(14)7-5-11)18-19(15)16-8-13(2,3)9-17-19/h4-7H,1,8-9H2,2-3H3. The molecular weight excluding hydrogens is 287 g/mol. The van der Waals surface area contributed by atoms with Crippen LogP contribution in [0.2, 0.25) is 5.02 Å². The highest BCUT2D eigenvalue weighted by molar-refractivity contribution is 7.48. The van der Waals surface area contributed by atoms with E-state index in [2.05, 4.69) is 6.58 Å². The molecular formula is C13H16ClO4P. The molecule has 0 atom stereocenters. The van der Waals surface area contributed by atoms with Gasteiger partial charge >= 0.3 is 7.82 Å². The van der Waals surface area contributed by atoms with Crippen LogP contribution in [-0.4, -0.2) is 13.2 Å². The van der Waals surface area contributed by atoms with Crippen molar-refractivity contribution >= 4 is 25.2 Å². The second kappa shape index (κ2) is 5.29. The first-order valence-corrected chi connectivity index (χ1v) is 7.67. The molecule has 1 aromatic carbocycles. The van der Waals surface area contributed by atoms with Crippen LogP contribution < -0.4 is 0 Å². The summed E-state index contributed by atoms with van der Waals surface area (Å²) in [6.07, 6.45) is 0. The second-order valence-electron chi connectivity index (χ2n) is 5.18. The van der Waals surface area contributed by atoms with Gasteiger partial charge in [0.2, 0.25) is 0 Å². The maximum atomic E-state index is 12.2. The van der Waals surface area contributed by atoms with Crippen LogP contribution in [0.25, 0.3) is 5.76 Å². The van der Waals surface area contributed by atoms with Gasteiger partial charge in [-0.05, 0) is 24.3 Å². The average Bonchev–Trinajstić information content (AvgIpc) is 2.34. The van der Waals surface area contributed by atoms with Gasteiger partial charge in [0.05, 0.1) is 13.2 Å². The third-order valence-corrected chi connectivity index (χ3v) is 4.20. The Hall–Kier alpha value is -0.800. The lowest BCUT2D eigenvalue weighted by molar-refractivity contribution is 0.0148. The van der Waals surface area contributed by atoms with E-state index in [4.69, 9.17) is 25.2 Å². The number of hydrogen-bond donors (Lipinski definition) is 0. The topological polar surface area (TPSA) is 44.8 Å². The third kappa shape index (κ3) is 3.83. The Morgan fingerprint density at radius 3 is 2.37 bits per heavy atom. The summed E-state index contributed by atoms with van der Waals surface area (Å²) in [5, 5.41) is 0.607. The zero-order chi connectivity index (χ0) is 14.1. The third-order valence-electron chi connectivity index (χ3n) is 2.61. The number of benzene rings is 1. The van der Waals surface area contributed by atoms with E-state index in [0.717, 1.165) is 0 Å². The molecule has 0 radical (unpaired) electrons. The number of hydrogen-bond acceptors (Lipinski definition) is 4. The summed E-state index contributed by atoms with van der Waals surface area (Å²) in [5.74, 6) is 0.236. The molecule has 1 fully saturated rings. The van der Waals surface area contributed by atoms with Crippen molar-refractivity contribution in [2.75, 3.05) is 13.2 Å². The molecule has 1 aromatic rings. The summed E-state index contributed by atoms with van der Waals surface area (Å²) in [6.45, 7) is 8.29. The Labute approximate surface area is 117 Å². The minimum absolute atomic E-state index is 0.168. The van der Waals surface area contributed by atoms with Gasteiger partial charge in [0.25, 0.3) is 0 Å². The maximum Gasteiger partial charge on any atom is 0.530 e. The number of phosphoric acid groups is 1. The smallest absolute Gasteiger partial charge is 0.404 e. The molecule has 0 amide bonds. The lowest BCUT2D eigenvalue weighted by atomic mass is 9.97. The van der Waals surface area contributed by atoms with Crippen molar-refractivity contribution in [1.82, 2.24) is 0 Å². The van der Waals surface area contributed by atoms with Crippen molar-refractivity contribution in [2.24, 2.45) is 5.41 Å². The van der Waals surface area contributed by atoms with Gasteiger partial charge in [-0.3, -0.25) is 9.05 Å². The summed E-state index contributed by atoms with van der Waals surface area (Å²) in [4.78, 5) is 0. The molecule has 0 aliphatic carbocycles. The fourth-order valence-electron chi connectivity index (χ4n) is 1.46. The van der Waals surface area contributed by atoms with Crippen LogP contribution in [0.15, 0.2) is 30.8 Å². The Morgan fingerprint density at radius 1 is 1.32 bits per heavy atom. The molecule has 0 aromatic heterocycles. The Morgan fingerprint density at radius 2 is 1.84 bits per heavy atom. The first-order valence-electron chi connectivity index (χ1n) is 5.83. The predicted molar refractivity (Wildman–Crippen MR) is 74.9 cm³/mol. The highest BCUT2D eigenvalue weighted by atomic mass is 35.5. The SMILES string of the molecule is C=C(OP1(=O)OCC(C)(C)CO1)c1ccc(Cl)cc1. The molecule has 0 N–H and O–H groups in total. The lowest BCUT2D eigenvalue weighted by Crippen LogP contribution is -2.29. The fourth-order valence-corrected chi connectivity index (χ4v) is 3.16. The zero-order valence-electron chi connectivity index (χ0n) is 10.9. The molecule has 0 spiro atoms. The van der Waals surface area contributed by atoms with E-state index in [1.54, 1.807) is 24.3 Å². The van der Waals surface area contributed by atoms with Crippen LogP contribution in [0.3, 0.4) is 0 Å². The van der Waals surface area contributed by atoms with E-state index < -0.39 is 7.82 Å². The second-order valence-corrected chi connectivity index (χ2v) is 7.21. The van der Waals surface area contributed by atoms with Crippen LogP contribution in [-0.2, 0) is 18.1 Å². The van der Waals surface area contributed by atoms with E-state index in [1.807, 2.05) is 13.8 Å². The predicted octanol–water partition coefficient (Wildman–Crippen LogP) is 4.51. The number of halogens is 1. The Balaban J connectivity index is 2.03. The van der Waals surface area contributed by atoms with E-state index >= 15 is 0 Å². The Kier molecular flexibility index (Phi) is 4.07. The van der Waals surface area contributed by atoms with Crippen molar-refractivity contribution in [2.45, 2.75) is 13.8 Å². The monoisotopic (exact) mass is 302 g/mol. The quantitative estimate of drug-likeness (QED) is 0.609. The molecule has 19 heavy (non-hydrogen) atoms. The van der Waals surface area contributed by atoms with Gasteiger partial charge in [0.15, 0.2) is 0 Å². The molecule has 2 rings (SSSR count). The van der Waals surface area contributed by atoms with Gasteiger partial charge in [0, 0.05) is 16.0 Å². The number of rotatable bonds is 3. The van der Waals surface area contributed by atoms with Crippen molar-refractivity contribution in [3.8, 4) is 0 Å². The van der Waals surface area contributed by atoms with Crippen LogP contribution in [0, 0.1) is 5.41 Å². The molecule has 6 heteroatoms. The highest BCUT2D eigenvalue weighted by Gasteiger charge is 2.39. The van der Waals surface area contributed by atoms with Gasteiger partial charge in [-0.2, -0.15) is 0 Å². The summed E-state index contributed by atoms with van der Waals surface area (Å²) < 4.78 is 27.9. The normalized spacial score (nSPS) is 20.8. The molecule has 1 aliphatic rings.